The molecule has 0 bridgehead atoms. The molecule has 0 radical (unpaired) electrons. The highest BCUT2D eigenvalue weighted by atomic mass is 32.1. The summed E-state index contributed by atoms with van der Waals surface area (Å²) in [5.74, 6) is 2.36. The standard InChI is InChI=1S/C22H33N3OS/c26-21-22(9-11-25(21)14-18-7-4-8-18)16-24(13-17-5-2-1-3-6-17)15-19(22)20-23-10-12-27-20/h10,12,17-19H,1-9,11,13-16H2/t19-,22+/m0/s1. The molecule has 0 aromatic carbocycles. The maximum atomic E-state index is 13.6. The van der Waals surface area contributed by atoms with Crippen molar-refractivity contribution in [2.75, 3.05) is 32.7 Å². The molecule has 5 rings (SSSR count). The molecule has 1 aromatic rings. The predicted octanol–water partition coefficient (Wildman–Crippen LogP) is 4.14. The maximum absolute atomic E-state index is 13.6. The summed E-state index contributed by atoms with van der Waals surface area (Å²) in [6.45, 7) is 5.17. The Balaban J connectivity index is 1.34. The molecule has 2 atom stereocenters. The van der Waals surface area contributed by atoms with Gasteiger partial charge in [-0.05, 0) is 43.9 Å². The Morgan fingerprint density at radius 2 is 1.85 bits per heavy atom. The van der Waals surface area contributed by atoms with Crippen molar-refractivity contribution in [3.8, 4) is 0 Å². The fourth-order valence-electron chi connectivity index (χ4n) is 6.09. The number of hydrogen-bond acceptors (Lipinski definition) is 4. The van der Waals surface area contributed by atoms with Crippen LogP contribution in [0.15, 0.2) is 11.6 Å². The minimum Gasteiger partial charge on any atom is -0.342 e. The monoisotopic (exact) mass is 387 g/mol. The van der Waals surface area contributed by atoms with E-state index in [1.165, 1.54) is 62.9 Å². The molecule has 27 heavy (non-hydrogen) atoms. The van der Waals surface area contributed by atoms with Crippen LogP contribution in [0.3, 0.4) is 0 Å². The summed E-state index contributed by atoms with van der Waals surface area (Å²) in [5, 5.41) is 3.28. The average Bonchev–Trinajstić information content (AvgIpc) is 3.35. The second-order valence-corrected chi connectivity index (χ2v) is 10.5. The van der Waals surface area contributed by atoms with Gasteiger partial charge >= 0.3 is 0 Å². The summed E-state index contributed by atoms with van der Waals surface area (Å²) in [6, 6.07) is 0. The van der Waals surface area contributed by atoms with Crippen LogP contribution in [0.1, 0.15) is 68.7 Å². The molecule has 1 aromatic heterocycles. The molecule has 2 aliphatic heterocycles. The van der Waals surface area contributed by atoms with Gasteiger partial charge in [0.05, 0.1) is 10.4 Å². The first-order chi connectivity index (χ1) is 13.2. The van der Waals surface area contributed by atoms with E-state index in [-0.39, 0.29) is 5.41 Å². The minimum absolute atomic E-state index is 0.198. The van der Waals surface area contributed by atoms with Crippen molar-refractivity contribution in [1.29, 1.82) is 0 Å². The minimum atomic E-state index is -0.198. The van der Waals surface area contributed by atoms with E-state index in [0.717, 1.165) is 44.4 Å². The number of aromatic nitrogens is 1. The summed E-state index contributed by atoms with van der Waals surface area (Å²) in [5.41, 5.74) is -0.198. The van der Waals surface area contributed by atoms with E-state index in [1.54, 1.807) is 11.3 Å². The Labute approximate surface area is 167 Å². The summed E-state index contributed by atoms with van der Waals surface area (Å²) in [4.78, 5) is 23.1. The molecular weight excluding hydrogens is 354 g/mol. The van der Waals surface area contributed by atoms with Gasteiger partial charge in [-0.2, -0.15) is 0 Å². The molecule has 1 spiro atoms. The van der Waals surface area contributed by atoms with Crippen molar-refractivity contribution in [1.82, 2.24) is 14.8 Å². The van der Waals surface area contributed by atoms with Gasteiger partial charge in [0.1, 0.15) is 0 Å². The lowest BCUT2D eigenvalue weighted by Crippen LogP contribution is -2.42. The van der Waals surface area contributed by atoms with E-state index < -0.39 is 0 Å². The number of carbonyl (C=O) groups excluding carboxylic acids is 1. The molecule has 5 heteroatoms. The zero-order valence-electron chi connectivity index (χ0n) is 16.4. The number of carbonyl (C=O) groups is 1. The van der Waals surface area contributed by atoms with Crippen LogP contribution in [0.2, 0.25) is 0 Å². The molecular formula is C22H33N3OS. The molecule has 3 heterocycles. The second kappa shape index (κ2) is 7.47. The van der Waals surface area contributed by atoms with Gasteiger partial charge in [0.2, 0.25) is 5.91 Å². The SMILES string of the molecule is O=C1N(CC2CCC2)CC[C@]12CN(CC1CCCCC1)C[C@H]2c1nccs1. The fourth-order valence-corrected chi connectivity index (χ4v) is 6.94. The lowest BCUT2D eigenvalue weighted by atomic mass is 9.76. The number of amides is 1. The molecule has 4 fully saturated rings. The smallest absolute Gasteiger partial charge is 0.230 e. The van der Waals surface area contributed by atoms with Crippen LogP contribution in [0.5, 0.6) is 0 Å². The number of thiazole rings is 1. The van der Waals surface area contributed by atoms with Gasteiger partial charge in [0.25, 0.3) is 0 Å². The predicted molar refractivity (Wildman–Crippen MR) is 109 cm³/mol. The highest BCUT2D eigenvalue weighted by Gasteiger charge is 2.58. The summed E-state index contributed by atoms with van der Waals surface area (Å²) in [7, 11) is 0. The van der Waals surface area contributed by atoms with Crippen molar-refractivity contribution in [2.24, 2.45) is 17.3 Å². The molecule has 2 saturated heterocycles. The molecule has 0 N–H and O–H groups in total. The van der Waals surface area contributed by atoms with Gasteiger partial charge in [-0.25, -0.2) is 4.98 Å². The zero-order chi connectivity index (χ0) is 18.3. The van der Waals surface area contributed by atoms with Crippen LogP contribution < -0.4 is 0 Å². The highest BCUT2D eigenvalue weighted by molar-refractivity contribution is 7.09. The van der Waals surface area contributed by atoms with E-state index in [1.807, 2.05) is 6.20 Å². The number of rotatable bonds is 5. The van der Waals surface area contributed by atoms with Crippen molar-refractivity contribution in [3.63, 3.8) is 0 Å². The third-order valence-electron chi connectivity index (χ3n) is 7.85. The first-order valence-corrected chi connectivity index (χ1v) is 12.0. The fraction of sp³-hybridized carbons (Fsp3) is 0.818. The molecule has 4 aliphatic rings. The average molecular weight is 388 g/mol. The zero-order valence-corrected chi connectivity index (χ0v) is 17.3. The molecule has 1 amide bonds. The number of hydrogen-bond donors (Lipinski definition) is 0. The number of likely N-dealkylation sites (tertiary alicyclic amines) is 2. The topological polar surface area (TPSA) is 36.4 Å². The Morgan fingerprint density at radius 3 is 2.56 bits per heavy atom. The lowest BCUT2D eigenvalue weighted by Gasteiger charge is -2.32. The molecule has 4 nitrogen and oxygen atoms in total. The summed E-state index contributed by atoms with van der Waals surface area (Å²) in [6.07, 6.45) is 13.9. The van der Waals surface area contributed by atoms with Crippen LogP contribution in [0.25, 0.3) is 0 Å². The van der Waals surface area contributed by atoms with Crippen molar-refractivity contribution in [2.45, 2.75) is 63.7 Å². The van der Waals surface area contributed by atoms with E-state index in [0.29, 0.717) is 11.8 Å². The Morgan fingerprint density at radius 1 is 1.07 bits per heavy atom. The quantitative estimate of drug-likeness (QED) is 0.762. The highest BCUT2D eigenvalue weighted by Crippen LogP contribution is 2.51. The Kier molecular flexibility index (Phi) is 5.01. The van der Waals surface area contributed by atoms with Crippen LogP contribution in [0.4, 0.5) is 0 Å². The first-order valence-electron chi connectivity index (χ1n) is 11.2. The van der Waals surface area contributed by atoms with Gasteiger partial charge < -0.3 is 9.80 Å². The summed E-state index contributed by atoms with van der Waals surface area (Å²) < 4.78 is 0. The Hall–Kier alpha value is -0.940. The van der Waals surface area contributed by atoms with Gasteiger partial charge in [0, 0.05) is 50.2 Å². The summed E-state index contributed by atoms with van der Waals surface area (Å²) >= 11 is 1.75. The van der Waals surface area contributed by atoms with E-state index in [2.05, 4.69) is 20.2 Å². The normalized spacial score (nSPS) is 33.3. The van der Waals surface area contributed by atoms with Crippen LogP contribution in [-0.2, 0) is 4.79 Å². The second-order valence-electron chi connectivity index (χ2n) is 9.58. The van der Waals surface area contributed by atoms with Gasteiger partial charge in [-0.15, -0.1) is 11.3 Å². The van der Waals surface area contributed by atoms with Crippen LogP contribution in [-0.4, -0.2) is 53.4 Å². The molecule has 148 valence electrons. The molecule has 2 saturated carbocycles. The van der Waals surface area contributed by atoms with Gasteiger partial charge in [0.15, 0.2) is 0 Å². The van der Waals surface area contributed by atoms with E-state index in [4.69, 9.17) is 0 Å². The third kappa shape index (κ3) is 3.35. The van der Waals surface area contributed by atoms with Crippen molar-refractivity contribution in [3.05, 3.63) is 16.6 Å². The first kappa shape index (κ1) is 18.1. The molecule has 2 aliphatic carbocycles. The maximum Gasteiger partial charge on any atom is 0.230 e. The van der Waals surface area contributed by atoms with Crippen LogP contribution >= 0.6 is 11.3 Å². The van der Waals surface area contributed by atoms with Crippen molar-refractivity contribution >= 4 is 17.2 Å². The van der Waals surface area contributed by atoms with Gasteiger partial charge in [-0.1, -0.05) is 25.7 Å². The van der Waals surface area contributed by atoms with Gasteiger partial charge in [-0.3, -0.25) is 4.79 Å². The van der Waals surface area contributed by atoms with Crippen molar-refractivity contribution < 1.29 is 4.79 Å². The van der Waals surface area contributed by atoms with E-state index >= 15 is 0 Å². The van der Waals surface area contributed by atoms with E-state index in [9.17, 15) is 4.79 Å². The third-order valence-corrected chi connectivity index (χ3v) is 8.74. The largest absolute Gasteiger partial charge is 0.342 e. The number of nitrogens with zero attached hydrogens (tertiary/aromatic N) is 3. The lowest BCUT2D eigenvalue weighted by molar-refractivity contribution is -0.137. The molecule has 0 unspecified atom stereocenters. The van der Waals surface area contributed by atoms with Crippen LogP contribution in [0, 0.1) is 17.3 Å². The Bertz CT molecular complexity index is 653.